The number of aliphatic hydroxyl groups is 1. The molecule has 0 spiro atoms. The second kappa shape index (κ2) is 4.45. The van der Waals surface area contributed by atoms with Gasteiger partial charge in [-0.05, 0) is 32.6 Å². The van der Waals surface area contributed by atoms with Crippen LogP contribution in [0.4, 0.5) is 10.5 Å². The van der Waals surface area contributed by atoms with Crippen LogP contribution in [-0.2, 0) is 0 Å². The molecule has 2 aliphatic rings. The highest BCUT2D eigenvalue weighted by Crippen LogP contribution is 2.42. The lowest BCUT2D eigenvalue weighted by molar-refractivity contribution is 0.217. The summed E-state index contributed by atoms with van der Waals surface area (Å²) in [6.07, 6.45) is 5.56. The van der Waals surface area contributed by atoms with Crippen molar-refractivity contribution in [2.45, 2.75) is 44.1 Å². The molecule has 1 heterocycles. The molecule has 2 fully saturated rings. The summed E-state index contributed by atoms with van der Waals surface area (Å²) in [5.41, 5.74) is 1.20. The number of nitrogens with zero attached hydrogens (tertiary/aromatic N) is 2. The molecule has 0 atom stereocenters. The fourth-order valence-electron chi connectivity index (χ4n) is 2.12. The normalized spacial score (nSPS) is 19.9. The van der Waals surface area contributed by atoms with Crippen LogP contribution in [-0.4, -0.2) is 33.3 Å². The first-order valence-corrected chi connectivity index (χ1v) is 6.65. The summed E-state index contributed by atoms with van der Waals surface area (Å²) in [7, 11) is 0. The van der Waals surface area contributed by atoms with Crippen LogP contribution in [0.1, 0.15) is 43.1 Å². The number of aryl methyl sites for hydroxylation is 1. The molecule has 102 valence electrons. The number of nitrogens with one attached hydrogen (secondary N) is 2. The molecule has 1 aromatic rings. The molecule has 0 aromatic carbocycles. The Bertz CT molecular complexity index is 509. The number of urea groups is 1. The summed E-state index contributed by atoms with van der Waals surface area (Å²) in [6, 6.07) is -0.291. The third-order valence-electron chi connectivity index (χ3n) is 3.69. The molecular weight excluding hydrogens is 244 g/mol. The van der Waals surface area contributed by atoms with Gasteiger partial charge in [-0.2, -0.15) is 0 Å². The zero-order chi connectivity index (χ0) is 13.5. The summed E-state index contributed by atoms with van der Waals surface area (Å²) < 4.78 is 0. The highest BCUT2D eigenvalue weighted by molar-refractivity contribution is 5.90. The molecule has 6 heteroatoms. The van der Waals surface area contributed by atoms with E-state index in [1.54, 1.807) is 6.20 Å². The van der Waals surface area contributed by atoms with E-state index in [2.05, 4.69) is 20.6 Å². The highest BCUT2D eigenvalue weighted by Gasteiger charge is 2.43. The van der Waals surface area contributed by atoms with Gasteiger partial charge in [-0.3, -0.25) is 0 Å². The van der Waals surface area contributed by atoms with Crippen LogP contribution >= 0.6 is 0 Å². The average Bonchev–Trinajstić information content (AvgIpc) is 3.25. The molecule has 1 aromatic heterocycles. The number of amides is 2. The Hall–Kier alpha value is -1.69. The van der Waals surface area contributed by atoms with Gasteiger partial charge in [0.2, 0.25) is 0 Å². The first-order chi connectivity index (χ1) is 9.12. The third-order valence-corrected chi connectivity index (χ3v) is 3.69. The molecule has 2 amide bonds. The molecular formula is C13H18N4O2. The number of hydrogen-bond acceptors (Lipinski definition) is 4. The van der Waals surface area contributed by atoms with Crippen molar-refractivity contribution in [3.05, 3.63) is 17.7 Å². The predicted molar refractivity (Wildman–Crippen MR) is 69.9 cm³/mol. The van der Waals surface area contributed by atoms with Crippen LogP contribution in [0.5, 0.6) is 0 Å². The van der Waals surface area contributed by atoms with Gasteiger partial charge in [0, 0.05) is 5.92 Å². The molecule has 0 unspecified atom stereocenters. The SMILES string of the molecule is Cc1ncc(NC(=O)NC2(CO)CC2)c(C2CC2)n1. The lowest BCUT2D eigenvalue weighted by Crippen LogP contribution is -2.42. The monoisotopic (exact) mass is 262 g/mol. The van der Waals surface area contributed by atoms with Gasteiger partial charge in [-0.25, -0.2) is 14.8 Å². The quantitative estimate of drug-likeness (QED) is 0.763. The van der Waals surface area contributed by atoms with Crippen LogP contribution < -0.4 is 10.6 Å². The maximum absolute atomic E-state index is 11.9. The minimum atomic E-state index is -0.407. The number of hydrogen-bond donors (Lipinski definition) is 3. The number of carbonyl (C=O) groups is 1. The van der Waals surface area contributed by atoms with Gasteiger partial charge in [0.1, 0.15) is 5.82 Å². The second-order valence-electron chi connectivity index (χ2n) is 5.51. The molecule has 6 nitrogen and oxygen atoms in total. The zero-order valence-electron chi connectivity index (χ0n) is 10.9. The molecule has 0 radical (unpaired) electrons. The van der Waals surface area contributed by atoms with E-state index in [0.717, 1.165) is 37.2 Å². The van der Waals surface area contributed by atoms with E-state index in [4.69, 9.17) is 0 Å². The Morgan fingerprint density at radius 3 is 2.84 bits per heavy atom. The lowest BCUT2D eigenvalue weighted by Gasteiger charge is -2.16. The molecule has 0 saturated heterocycles. The molecule has 19 heavy (non-hydrogen) atoms. The smallest absolute Gasteiger partial charge is 0.319 e. The first kappa shape index (κ1) is 12.3. The van der Waals surface area contributed by atoms with Crippen LogP contribution in [0.15, 0.2) is 6.20 Å². The van der Waals surface area contributed by atoms with Crippen LogP contribution in [0.25, 0.3) is 0 Å². The predicted octanol–water partition coefficient (Wildman–Crippen LogP) is 1.31. The molecule has 0 bridgehead atoms. The van der Waals surface area contributed by atoms with Crippen molar-refractivity contribution in [2.75, 3.05) is 11.9 Å². The summed E-state index contributed by atoms with van der Waals surface area (Å²) in [5, 5.41) is 14.8. The lowest BCUT2D eigenvalue weighted by atomic mass is 10.2. The number of aromatic nitrogens is 2. The van der Waals surface area contributed by atoms with Crippen molar-refractivity contribution in [3.8, 4) is 0 Å². The van der Waals surface area contributed by atoms with Gasteiger partial charge in [0.15, 0.2) is 0 Å². The minimum Gasteiger partial charge on any atom is -0.394 e. The molecule has 3 N–H and O–H groups in total. The van der Waals surface area contributed by atoms with Crippen molar-refractivity contribution in [2.24, 2.45) is 0 Å². The maximum atomic E-state index is 11.9. The number of rotatable bonds is 4. The van der Waals surface area contributed by atoms with E-state index in [9.17, 15) is 9.90 Å². The molecule has 0 aliphatic heterocycles. The summed E-state index contributed by atoms with van der Waals surface area (Å²) >= 11 is 0. The van der Waals surface area contributed by atoms with Crippen LogP contribution in [0.2, 0.25) is 0 Å². The van der Waals surface area contributed by atoms with Gasteiger partial charge in [0.05, 0.1) is 29.7 Å². The Kier molecular flexibility index (Phi) is 2.89. The van der Waals surface area contributed by atoms with E-state index in [-0.39, 0.29) is 12.6 Å². The zero-order valence-corrected chi connectivity index (χ0v) is 10.9. The second-order valence-corrected chi connectivity index (χ2v) is 5.51. The fourth-order valence-corrected chi connectivity index (χ4v) is 2.12. The van der Waals surface area contributed by atoms with Gasteiger partial charge >= 0.3 is 6.03 Å². The first-order valence-electron chi connectivity index (χ1n) is 6.65. The fraction of sp³-hybridized carbons (Fsp3) is 0.615. The average molecular weight is 262 g/mol. The van der Waals surface area contributed by atoms with E-state index in [1.165, 1.54) is 0 Å². The number of aliphatic hydroxyl groups excluding tert-OH is 1. The molecule has 2 saturated carbocycles. The largest absolute Gasteiger partial charge is 0.394 e. The van der Waals surface area contributed by atoms with Crippen molar-refractivity contribution in [1.29, 1.82) is 0 Å². The van der Waals surface area contributed by atoms with Gasteiger partial charge in [-0.15, -0.1) is 0 Å². The highest BCUT2D eigenvalue weighted by atomic mass is 16.3. The number of carbonyl (C=O) groups excluding carboxylic acids is 1. The van der Waals surface area contributed by atoms with Crippen molar-refractivity contribution in [1.82, 2.24) is 15.3 Å². The van der Waals surface area contributed by atoms with E-state index in [0.29, 0.717) is 11.6 Å². The standard InChI is InChI=1S/C13H18N4O2/c1-8-14-6-10(11(15-8)9-2-3-9)16-12(19)17-13(7-18)4-5-13/h6,9,18H,2-5,7H2,1H3,(H2,16,17,19). The van der Waals surface area contributed by atoms with Gasteiger partial charge in [0.25, 0.3) is 0 Å². The maximum Gasteiger partial charge on any atom is 0.319 e. The van der Waals surface area contributed by atoms with E-state index >= 15 is 0 Å². The summed E-state index contributed by atoms with van der Waals surface area (Å²) in [4.78, 5) is 20.5. The minimum absolute atomic E-state index is 0.0136. The van der Waals surface area contributed by atoms with Gasteiger partial charge in [-0.1, -0.05) is 0 Å². The Labute approximate surface area is 111 Å². The van der Waals surface area contributed by atoms with Crippen molar-refractivity contribution in [3.63, 3.8) is 0 Å². The van der Waals surface area contributed by atoms with Crippen LogP contribution in [0, 0.1) is 6.92 Å². The topological polar surface area (TPSA) is 87.1 Å². The number of anilines is 1. The summed E-state index contributed by atoms with van der Waals surface area (Å²) in [5.74, 6) is 1.17. The Morgan fingerprint density at radius 2 is 2.26 bits per heavy atom. The summed E-state index contributed by atoms with van der Waals surface area (Å²) in [6.45, 7) is 1.83. The Balaban J connectivity index is 1.70. The van der Waals surface area contributed by atoms with Gasteiger partial charge < -0.3 is 15.7 Å². The van der Waals surface area contributed by atoms with Crippen molar-refractivity contribution < 1.29 is 9.90 Å². The van der Waals surface area contributed by atoms with Crippen molar-refractivity contribution >= 4 is 11.7 Å². The molecule has 3 rings (SSSR count). The van der Waals surface area contributed by atoms with E-state index < -0.39 is 5.54 Å². The van der Waals surface area contributed by atoms with Crippen LogP contribution in [0.3, 0.4) is 0 Å². The molecule has 2 aliphatic carbocycles. The Morgan fingerprint density at radius 1 is 1.53 bits per heavy atom. The third kappa shape index (κ3) is 2.68. The van der Waals surface area contributed by atoms with E-state index in [1.807, 2.05) is 6.92 Å².